The van der Waals surface area contributed by atoms with Crippen molar-refractivity contribution in [3.8, 4) is 0 Å². The van der Waals surface area contributed by atoms with Crippen molar-refractivity contribution in [2.75, 3.05) is 6.54 Å². The van der Waals surface area contributed by atoms with E-state index in [4.69, 9.17) is 11.6 Å². The van der Waals surface area contributed by atoms with Crippen LogP contribution < -0.4 is 5.32 Å². The molecule has 2 rings (SSSR count). The number of piperazine rings is 1. The van der Waals surface area contributed by atoms with E-state index in [1.165, 1.54) is 4.90 Å². The molecule has 0 spiro atoms. The minimum absolute atomic E-state index is 0.147. The Kier molecular flexibility index (Phi) is 4.45. The second kappa shape index (κ2) is 5.93. The van der Waals surface area contributed by atoms with Gasteiger partial charge in [0.2, 0.25) is 11.8 Å². The average molecular weight is 360 g/mol. The molecule has 1 aliphatic rings. The Balaban J connectivity index is 2.37. The van der Waals surface area contributed by atoms with Crippen molar-refractivity contribution in [1.82, 2.24) is 10.2 Å². The van der Waals surface area contributed by atoms with Gasteiger partial charge in [-0.2, -0.15) is 0 Å². The molecule has 1 aromatic carbocycles. The summed E-state index contributed by atoms with van der Waals surface area (Å²) in [6.07, 6.45) is 0.427. The van der Waals surface area contributed by atoms with Gasteiger partial charge in [0.1, 0.15) is 12.6 Å². The second-order valence-corrected chi connectivity index (χ2v) is 5.60. The van der Waals surface area contributed by atoms with Gasteiger partial charge in [-0.05, 0) is 34.5 Å². The lowest BCUT2D eigenvalue weighted by molar-refractivity contribution is -0.138. The Labute approximate surface area is 129 Å². The standard InChI is InChI=1S/C13H12BrClN2O3/c1-2-9-12(19)16-10(18)6-17(9)13(20)7-4-3-5-8(14)11(7)15/h3-5,9H,2,6H2,1H3,(H,16,18,19). The molecule has 5 nitrogen and oxygen atoms in total. The van der Waals surface area contributed by atoms with Crippen molar-refractivity contribution in [1.29, 1.82) is 0 Å². The summed E-state index contributed by atoms with van der Waals surface area (Å²) in [7, 11) is 0. The summed E-state index contributed by atoms with van der Waals surface area (Å²) in [5, 5.41) is 2.50. The Bertz CT molecular complexity index is 591. The minimum atomic E-state index is -0.657. The first-order valence-corrected chi connectivity index (χ1v) is 7.21. The third-order valence-electron chi connectivity index (χ3n) is 3.09. The number of halogens is 2. The maximum Gasteiger partial charge on any atom is 0.256 e. The molecule has 1 aromatic rings. The highest BCUT2D eigenvalue weighted by Crippen LogP contribution is 2.28. The van der Waals surface area contributed by atoms with E-state index >= 15 is 0 Å². The fourth-order valence-electron chi connectivity index (χ4n) is 2.11. The van der Waals surface area contributed by atoms with Crippen LogP contribution in [0.4, 0.5) is 0 Å². The third kappa shape index (κ3) is 2.71. The fraction of sp³-hybridized carbons (Fsp3) is 0.308. The summed E-state index contributed by atoms with van der Waals surface area (Å²) in [6.45, 7) is 1.63. The normalized spacial score (nSPS) is 18.9. The number of benzene rings is 1. The maximum absolute atomic E-state index is 12.5. The SMILES string of the molecule is CCC1C(=O)NC(=O)CN1C(=O)c1cccc(Br)c1Cl. The molecule has 0 aromatic heterocycles. The van der Waals surface area contributed by atoms with Crippen LogP contribution in [-0.2, 0) is 9.59 Å². The Morgan fingerprint density at radius 3 is 2.85 bits per heavy atom. The molecule has 1 N–H and O–H groups in total. The van der Waals surface area contributed by atoms with Gasteiger partial charge in [-0.15, -0.1) is 0 Å². The molecule has 3 amide bonds. The monoisotopic (exact) mass is 358 g/mol. The largest absolute Gasteiger partial charge is 0.317 e. The maximum atomic E-state index is 12.5. The van der Waals surface area contributed by atoms with Crippen LogP contribution in [0.1, 0.15) is 23.7 Å². The molecule has 0 saturated carbocycles. The molecule has 1 unspecified atom stereocenters. The highest BCUT2D eigenvalue weighted by molar-refractivity contribution is 9.10. The van der Waals surface area contributed by atoms with Crippen molar-refractivity contribution >= 4 is 45.3 Å². The Morgan fingerprint density at radius 2 is 2.20 bits per heavy atom. The smallest absolute Gasteiger partial charge is 0.256 e. The zero-order valence-corrected chi connectivity index (χ0v) is 13.0. The molecule has 0 aliphatic carbocycles. The predicted octanol–water partition coefficient (Wildman–Crippen LogP) is 1.98. The number of rotatable bonds is 2. The van der Waals surface area contributed by atoms with Gasteiger partial charge in [-0.25, -0.2) is 0 Å². The molecule has 7 heteroatoms. The van der Waals surface area contributed by atoms with Gasteiger partial charge in [-0.1, -0.05) is 24.6 Å². The fourth-order valence-corrected chi connectivity index (χ4v) is 2.68. The first-order valence-electron chi connectivity index (χ1n) is 6.04. The lowest BCUT2D eigenvalue weighted by Gasteiger charge is -2.33. The van der Waals surface area contributed by atoms with Crippen LogP contribution >= 0.6 is 27.5 Å². The molecule has 0 radical (unpaired) electrons. The van der Waals surface area contributed by atoms with E-state index in [2.05, 4.69) is 21.2 Å². The molecule has 106 valence electrons. The van der Waals surface area contributed by atoms with E-state index in [0.717, 1.165) is 0 Å². The van der Waals surface area contributed by atoms with Gasteiger partial charge >= 0.3 is 0 Å². The van der Waals surface area contributed by atoms with Crippen LogP contribution in [0, 0.1) is 0 Å². The predicted molar refractivity (Wildman–Crippen MR) is 77.4 cm³/mol. The average Bonchev–Trinajstić information content (AvgIpc) is 2.40. The molecular weight excluding hydrogens is 348 g/mol. The first kappa shape index (κ1) is 15.0. The zero-order valence-electron chi connectivity index (χ0n) is 10.7. The summed E-state index contributed by atoms with van der Waals surface area (Å²) in [5.74, 6) is -1.37. The minimum Gasteiger partial charge on any atom is -0.317 e. The summed E-state index contributed by atoms with van der Waals surface area (Å²) in [5.41, 5.74) is 0.266. The van der Waals surface area contributed by atoms with Crippen molar-refractivity contribution in [3.63, 3.8) is 0 Å². The van der Waals surface area contributed by atoms with E-state index in [-0.39, 0.29) is 17.1 Å². The van der Waals surface area contributed by atoms with Crippen LogP contribution in [-0.4, -0.2) is 35.2 Å². The van der Waals surface area contributed by atoms with Crippen LogP contribution in [0.25, 0.3) is 0 Å². The lowest BCUT2D eigenvalue weighted by atomic mass is 10.1. The highest BCUT2D eigenvalue weighted by Gasteiger charge is 2.36. The van der Waals surface area contributed by atoms with Crippen molar-refractivity contribution in [2.45, 2.75) is 19.4 Å². The number of carbonyl (C=O) groups excluding carboxylic acids is 3. The van der Waals surface area contributed by atoms with Crippen LogP contribution in [0.5, 0.6) is 0 Å². The number of imide groups is 1. The number of nitrogens with one attached hydrogen (secondary N) is 1. The van der Waals surface area contributed by atoms with Crippen LogP contribution in [0.2, 0.25) is 5.02 Å². The quantitative estimate of drug-likeness (QED) is 0.821. The van der Waals surface area contributed by atoms with Crippen LogP contribution in [0.3, 0.4) is 0 Å². The van der Waals surface area contributed by atoms with Gasteiger partial charge in [0.05, 0.1) is 10.6 Å². The third-order valence-corrected chi connectivity index (χ3v) is 4.38. The van der Waals surface area contributed by atoms with Gasteiger partial charge in [-0.3, -0.25) is 19.7 Å². The molecule has 0 bridgehead atoms. The summed E-state index contributed by atoms with van der Waals surface area (Å²) < 4.78 is 0.589. The van der Waals surface area contributed by atoms with Gasteiger partial charge < -0.3 is 4.90 Å². The molecule has 1 atom stereocenters. The van der Waals surface area contributed by atoms with Gasteiger partial charge in [0.25, 0.3) is 5.91 Å². The van der Waals surface area contributed by atoms with E-state index in [1.54, 1.807) is 25.1 Å². The number of hydrogen-bond donors (Lipinski definition) is 1. The lowest BCUT2D eigenvalue weighted by Crippen LogP contribution is -2.59. The van der Waals surface area contributed by atoms with Crippen molar-refractivity contribution in [2.24, 2.45) is 0 Å². The Morgan fingerprint density at radius 1 is 1.50 bits per heavy atom. The molecule has 1 heterocycles. The second-order valence-electron chi connectivity index (χ2n) is 4.37. The first-order chi connectivity index (χ1) is 9.45. The molecule has 1 saturated heterocycles. The van der Waals surface area contributed by atoms with E-state index in [0.29, 0.717) is 10.9 Å². The zero-order chi connectivity index (χ0) is 14.9. The van der Waals surface area contributed by atoms with Crippen LogP contribution in [0.15, 0.2) is 22.7 Å². The van der Waals surface area contributed by atoms with E-state index in [1.807, 2.05) is 0 Å². The van der Waals surface area contributed by atoms with Gasteiger partial charge in [0, 0.05) is 4.47 Å². The number of carbonyl (C=O) groups is 3. The topological polar surface area (TPSA) is 66.5 Å². The van der Waals surface area contributed by atoms with Crippen molar-refractivity contribution in [3.05, 3.63) is 33.3 Å². The summed E-state index contributed by atoms with van der Waals surface area (Å²) >= 11 is 9.34. The summed E-state index contributed by atoms with van der Waals surface area (Å²) in [4.78, 5) is 37.0. The molecular formula is C13H12BrClN2O3. The molecule has 1 aliphatic heterocycles. The van der Waals surface area contributed by atoms with E-state index < -0.39 is 23.8 Å². The van der Waals surface area contributed by atoms with E-state index in [9.17, 15) is 14.4 Å². The Hall–Kier alpha value is -1.40. The molecule has 1 fully saturated rings. The number of nitrogens with zero attached hydrogens (tertiary/aromatic N) is 1. The molecule has 20 heavy (non-hydrogen) atoms. The number of hydrogen-bond acceptors (Lipinski definition) is 3. The highest BCUT2D eigenvalue weighted by atomic mass is 79.9. The van der Waals surface area contributed by atoms with Gasteiger partial charge in [0.15, 0.2) is 0 Å². The van der Waals surface area contributed by atoms with Crippen molar-refractivity contribution < 1.29 is 14.4 Å². The summed E-state index contributed by atoms with van der Waals surface area (Å²) in [6, 6.07) is 4.30. The number of amides is 3.